The Bertz CT molecular complexity index is 363. The van der Waals surface area contributed by atoms with Gasteiger partial charge in [-0.25, -0.2) is 0 Å². The first-order valence-electron chi connectivity index (χ1n) is 6.83. The maximum Gasteiger partial charge on any atom is 0.115 e. The lowest BCUT2D eigenvalue weighted by molar-refractivity contribution is 0.380. The molecule has 1 saturated heterocycles. The van der Waals surface area contributed by atoms with E-state index < -0.39 is 0 Å². The summed E-state index contributed by atoms with van der Waals surface area (Å²) in [7, 11) is 2.19. The third-order valence-electron chi connectivity index (χ3n) is 3.72. The van der Waals surface area contributed by atoms with Crippen molar-refractivity contribution in [2.75, 3.05) is 26.7 Å². The molecule has 2 unspecified atom stereocenters. The van der Waals surface area contributed by atoms with Crippen LogP contribution < -0.4 is 5.32 Å². The van der Waals surface area contributed by atoms with Gasteiger partial charge in [0.25, 0.3) is 0 Å². The lowest BCUT2D eigenvalue weighted by Gasteiger charge is -2.17. The molecule has 100 valence electrons. The molecule has 1 aromatic carbocycles. The fourth-order valence-electron chi connectivity index (χ4n) is 2.62. The summed E-state index contributed by atoms with van der Waals surface area (Å²) in [4.78, 5) is 2.40. The summed E-state index contributed by atoms with van der Waals surface area (Å²) in [5, 5.41) is 12.9. The predicted octanol–water partition coefficient (Wildman–Crippen LogP) is 1.86. The maximum absolute atomic E-state index is 9.24. The third kappa shape index (κ3) is 4.00. The number of aromatic hydroxyl groups is 1. The van der Waals surface area contributed by atoms with E-state index in [4.69, 9.17) is 0 Å². The Morgan fingerprint density at radius 3 is 2.72 bits per heavy atom. The SMILES string of the molecule is CC(Cc1ccc(O)cc1)NCC1CCN(C)C1. The molecular formula is C15H24N2O. The van der Waals surface area contributed by atoms with Gasteiger partial charge in [-0.05, 0) is 63.5 Å². The van der Waals surface area contributed by atoms with Gasteiger partial charge >= 0.3 is 0 Å². The highest BCUT2D eigenvalue weighted by atomic mass is 16.3. The van der Waals surface area contributed by atoms with Crippen LogP contribution in [0.5, 0.6) is 5.75 Å². The van der Waals surface area contributed by atoms with Crippen molar-refractivity contribution in [1.29, 1.82) is 0 Å². The number of rotatable bonds is 5. The summed E-state index contributed by atoms with van der Waals surface area (Å²) in [5.41, 5.74) is 1.27. The van der Waals surface area contributed by atoms with E-state index >= 15 is 0 Å². The van der Waals surface area contributed by atoms with Crippen LogP contribution in [0, 0.1) is 5.92 Å². The fraction of sp³-hybridized carbons (Fsp3) is 0.600. The minimum atomic E-state index is 0.341. The van der Waals surface area contributed by atoms with Gasteiger partial charge in [0.05, 0.1) is 0 Å². The maximum atomic E-state index is 9.24. The van der Waals surface area contributed by atoms with Crippen LogP contribution in [0.3, 0.4) is 0 Å². The van der Waals surface area contributed by atoms with Crippen LogP contribution in [0.1, 0.15) is 18.9 Å². The molecule has 2 atom stereocenters. The van der Waals surface area contributed by atoms with E-state index in [0.29, 0.717) is 11.8 Å². The molecule has 1 aliphatic heterocycles. The van der Waals surface area contributed by atoms with Crippen molar-refractivity contribution in [3.63, 3.8) is 0 Å². The van der Waals surface area contributed by atoms with Crippen LogP contribution >= 0.6 is 0 Å². The third-order valence-corrected chi connectivity index (χ3v) is 3.72. The number of phenolic OH excluding ortho intramolecular Hbond substituents is 1. The van der Waals surface area contributed by atoms with E-state index in [-0.39, 0.29) is 0 Å². The molecule has 0 aliphatic carbocycles. The number of hydrogen-bond acceptors (Lipinski definition) is 3. The van der Waals surface area contributed by atoms with Crippen LogP contribution in [0.25, 0.3) is 0 Å². The molecule has 1 aromatic rings. The molecule has 0 aromatic heterocycles. The van der Waals surface area contributed by atoms with Gasteiger partial charge in [-0.15, -0.1) is 0 Å². The highest BCUT2D eigenvalue weighted by molar-refractivity contribution is 5.26. The van der Waals surface area contributed by atoms with E-state index in [0.717, 1.165) is 18.9 Å². The van der Waals surface area contributed by atoms with Gasteiger partial charge in [0.2, 0.25) is 0 Å². The molecule has 2 N–H and O–H groups in total. The number of hydrogen-bond donors (Lipinski definition) is 2. The average molecular weight is 248 g/mol. The molecule has 1 aliphatic rings. The summed E-state index contributed by atoms with van der Waals surface area (Å²) in [6.45, 7) is 5.80. The summed E-state index contributed by atoms with van der Waals surface area (Å²) >= 11 is 0. The van der Waals surface area contributed by atoms with E-state index in [9.17, 15) is 5.11 Å². The Hall–Kier alpha value is -1.06. The summed E-state index contributed by atoms with van der Waals surface area (Å²) in [5.74, 6) is 1.14. The van der Waals surface area contributed by atoms with E-state index in [1.54, 1.807) is 12.1 Å². The topological polar surface area (TPSA) is 35.5 Å². The fourth-order valence-corrected chi connectivity index (χ4v) is 2.62. The van der Waals surface area contributed by atoms with Crippen molar-refractivity contribution in [3.05, 3.63) is 29.8 Å². The molecule has 0 spiro atoms. The lowest BCUT2D eigenvalue weighted by atomic mass is 10.1. The highest BCUT2D eigenvalue weighted by Crippen LogP contribution is 2.14. The van der Waals surface area contributed by atoms with Crippen LogP contribution in [-0.4, -0.2) is 42.7 Å². The van der Waals surface area contributed by atoms with E-state index in [2.05, 4.69) is 24.2 Å². The molecule has 0 bridgehead atoms. The molecule has 3 heteroatoms. The average Bonchev–Trinajstić information content (AvgIpc) is 2.76. The lowest BCUT2D eigenvalue weighted by Crippen LogP contribution is -2.33. The second kappa shape index (κ2) is 6.21. The molecule has 0 saturated carbocycles. The Morgan fingerprint density at radius 1 is 1.39 bits per heavy atom. The first kappa shape index (κ1) is 13.4. The zero-order chi connectivity index (χ0) is 13.0. The first-order valence-corrected chi connectivity index (χ1v) is 6.83. The summed E-state index contributed by atoms with van der Waals surface area (Å²) in [6, 6.07) is 8.00. The van der Waals surface area contributed by atoms with Crippen LogP contribution in [0.4, 0.5) is 0 Å². The molecule has 1 heterocycles. The van der Waals surface area contributed by atoms with Crippen molar-refractivity contribution in [2.45, 2.75) is 25.8 Å². The Morgan fingerprint density at radius 2 is 2.11 bits per heavy atom. The van der Waals surface area contributed by atoms with Crippen molar-refractivity contribution in [1.82, 2.24) is 10.2 Å². The monoisotopic (exact) mass is 248 g/mol. The van der Waals surface area contributed by atoms with Gasteiger partial charge < -0.3 is 15.3 Å². The van der Waals surface area contributed by atoms with Gasteiger partial charge in [-0.3, -0.25) is 0 Å². The first-order chi connectivity index (χ1) is 8.63. The van der Waals surface area contributed by atoms with Gasteiger partial charge in [0, 0.05) is 12.6 Å². The summed E-state index contributed by atoms with van der Waals surface area (Å²) < 4.78 is 0. The van der Waals surface area contributed by atoms with Gasteiger partial charge in [0.1, 0.15) is 5.75 Å². The second-order valence-corrected chi connectivity index (χ2v) is 5.60. The smallest absolute Gasteiger partial charge is 0.115 e. The van der Waals surface area contributed by atoms with E-state index in [1.807, 2.05) is 12.1 Å². The zero-order valence-corrected chi connectivity index (χ0v) is 11.4. The number of likely N-dealkylation sites (tertiary alicyclic amines) is 1. The van der Waals surface area contributed by atoms with Gasteiger partial charge in [-0.2, -0.15) is 0 Å². The Kier molecular flexibility index (Phi) is 4.61. The largest absolute Gasteiger partial charge is 0.508 e. The second-order valence-electron chi connectivity index (χ2n) is 5.60. The van der Waals surface area contributed by atoms with Crippen molar-refractivity contribution < 1.29 is 5.11 Å². The number of phenols is 1. The van der Waals surface area contributed by atoms with E-state index in [1.165, 1.54) is 25.1 Å². The molecule has 1 fully saturated rings. The number of nitrogens with one attached hydrogen (secondary N) is 1. The molecule has 3 nitrogen and oxygen atoms in total. The Balaban J connectivity index is 1.71. The zero-order valence-electron chi connectivity index (χ0n) is 11.4. The van der Waals surface area contributed by atoms with Crippen molar-refractivity contribution in [2.24, 2.45) is 5.92 Å². The number of benzene rings is 1. The predicted molar refractivity (Wildman–Crippen MR) is 74.9 cm³/mol. The van der Waals surface area contributed by atoms with Gasteiger partial charge in [0.15, 0.2) is 0 Å². The molecule has 0 radical (unpaired) electrons. The Labute approximate surface area is 110 Å². The number of nitrogens with zero attached hydrogens (tertiary/aromatic N) is 1. The van der Waals surface area contributed by atoms with Crippen molar-refractivity contribution in [3.8, 4) is 5.75 Å². The van der Waals surface area contributed by atoms with Gasteiger partial charge in [-0.1, -0.05) is 12.1 Å². The standard InChI is InChI=1S/C15H24N2O/c1-12(9-13-3-5-15(18)6-4-13)16-10-14-7-8-17(2)11-14/h3-6,12,14,16,18H,7-11H2,1-2H3. The normalized spacial score (nSPS) is 22.2. The quantitative estimate of drug-likeness (QED) is 0.835. The molecule has 18 heavy (non-hydrogen) atoms. The minimum Gasteiger partial charge on any atom is -0.508 e. The molecule has 2 rings (SSSR count). The van der Waals surface area contributed by atoms with Crippen LogP contribution in [-0.2, 0) is 6.42 Å². The van der Waals surface area contributed by atoms with Crippen LogP contribution in [0.2, 0.25) is 0 Å². The molecular weight excluding hydrogens is 224 g/mol. The van der Waals surface area contributed by atoms with Crippen molar-refractivity contribution >= 4 is 0 Å². The summed E-state index contributed by atoms with van der Waals surface area (Å²) in [6.07, 6.45) is 2.33. The van der Waals surface area contributed by atoms with Crippen LogP contribution in [0.15, 0.2) is 24.3 Å². The molecule has 0 amide bonds. The minimum absolute atomic E-state index is 0.341. The highest BCUT2D eigenvalue weighted by Gasteiger charge is 2.19.